The van der Waals surface area contributed by atoms with Gasteiger partial charge in [0.25, 0.3) is 0 Å². The molecule has 0 radical (unpaired) electrons. The Morgan fingerprint density at radius 3 is 2.68 bits per heavy atom. The lowest BCUT2D eigenvalue weighted by Gasteiger charge is -2.20. The highest BCUT2D eigenvalue weighted by atomic mass is 79.9. The van der Waals surface area contributed by atoms with Gasteiger partial charge in [-0.25, -0.2) is 4.98 Å². The molecule has 2 aliphatic rings. The Kier molecular flexibility index (Phi) is 2.74. The molecule has 2 atom stereocenters. The molecule has 3 heterocycles. The molecule has 4 rings (SSSR count). The molecule has 2 fully saturated rings. The Bertz CT molecular complexity index is 616. The highest BCUT2D eigenvalue weighted by Crippen LogP contribution is 2.34. The number of hydrogen-bond acceptors (Lipinski definition) is 3. The van der Waals surface area contributed by atoms with Crippen molar-refractivity contribution < 1.29 is 0 Å². The van der Waals surface area contributed by atoms with Crippen LogP contribution in [-0.4, -0.2) is 31.2 Å². The number of pyridine rings is 1. The van der Waals surface area contributed by atoms with Crippen LogP contribution < -0.4 is 10.2 Å². The first-order chi connectivity index (χ1) is 9.33. The Morgan fingerprint density at radius 2 is 1.89 bits per heavy atom. The van der Waals surface area contributed by atoms with Gasteiger partial charge in [-0.15, -0.1) is 0 Å². The number of nitrogens with zero attached hydrogens (tertiary/aromatic N) is 2. The van der Waals surface area contributed by atoms with Crippen LogP contribution in [0.25, 0.3) is 10.8 Å². The van der Waals surface area contributed by atoms with Crippen molar-refractivity contribution in [2.45, 2.75) is 0 Å². The Morgan fingerprint density at radius 1 is 1.11 bits per heavy atom. The zero-order valence-corrected chi connectivity index (χ0v) is 12.2. The molecular weight excluding hydrogens is 302 g/mol. The van der Waals surface area contributed by atoms with Crippen LogP contribution in [0, 0.1) is 11.8 Å². The number of aromatic nitrogens is 1. The average molecular weight is 318 g/mol. The summed E-state index contributed by atoms with van der Waals surface area (Å²) in [6, 6.07) is 8.45. The summed E-state index contributed by atoms with van der Waals surface area (Å²) in [6.45, 7) is 4.60. The normalized spacial score (nSPS) is 26.1. The third kappa shape index (κ3) is 1.85. The summed E-state index contributed by atoms with van der Waals surface area (Å²) < 4.78 is 1.15. The minimum Gasteiger partial charge on any atom is -0.355 e. The van der Waals surface area contributed by atoms with Crippen LogP contribution >= 0.6 is 15.9 Å². The van der Waals surface area contributed by atoms with Gasteiger partial charge in [-0.3, -0.25) is 0 Å². The van der Waals surface area contributed by atoms with Gasteiger partial charge < -0.3 is 10.2 Å². The fourth-order valence-corrected chi connectivity index (χ4v) is 3.93. The minimum atomic E-state index is 0.796. The maximum Gasteiger partial charge on any atom is 0.136 e. The molecule has 1 aromatic heterocycles. The second-order valence-corrected chi connectivity index (χ2v) is 6.41. The highest BCUT2D eigenvalue weighted by Gasteiger charge is 2.36. The predicted octanol–water partition coefficient (Wildman–Crippen LogP) is 2.65. The second kappa shape index (κ2) is 4.46. The molecule has 0 saturated carbocycles. The molecule has 1 aromatic carbocycles. The number of fused-ring (bicyclic) bond motifs is 2. The summed E-state index contributed by atoms with van der Waals surface area (Å²) in [5.41, 5.74) is 0. The molecule has 1 N–H and O–H groups in total. The fraction of sp³-hybridized carbons (Fsp3) is 0.400. The Hall–Kier alpha value is -1.13. The van der Waals surface area contributed by atoms with Gasteiger partial charge in [0.2, 0.25) is 0 Å². The van der Waals surface area contributed by atoms with Gasteiger partial charge in [-0.05, 0) is 24.0 Å². The Labute approximate surface area is 121 Å². The maximum atomic E-state index is 4.64. The van der Waals surface area contributed by atoms with E-state index in [1.54, 1.807) is 0 Å². The van der Waals surface area contributed by atoms with E-state index < -0.39 is 0 Å². The van der Waals surface area contributed by atoms with Gasteiger partial charge in [0.15, 0.2) is 0 Å². The van der Waals surface area contributed by atoms with Crippen LogP contribution in [-0.2, 0) is 0 Å². The predicted molar refractivity (Wildman–Crippen MR) is 81.5 cm³/mol. The van der Waals surface area contributed by atoms with Crippen LogP contribution in [0.3, 0.4) is 0 Å². The molecule has 0 spiro atoms. The second-order valence-electron chi connectivity index (χ2n) is 5.55. The van der Waals surface area contributed by atoms with Crippen molar-refractivity contribution in [3.8, 4) is 0 Å². The molecule has 0 aliphatic carbocycles. The number of hydrogen-bond donors (Lipinski definition) is 1. The van der Waals surface area contributed by atoms with Crippen LogP contribution in [0.1, 0.15) is 0 Å². The standard InChI is InChI=1S/C15H16BrN3/c16-14-3-1-2-13-12(14)4-5-18-15(13)19-8-10-6-17-7-11(10)9-19/h1-5,10-11,17H,6-9H2/t10-,11+. The first kappa shape index (κ1) is 11.7. The quantitative estimate of drug-likeness (QED) is 0.876. The largest absolute Gasteiger partial charge is 0.355 e. The molecule has 3 nitrogen and oxygen atoms in total. The summed E-state index contributed by atoms with van der Waals surface area (Å²) in [5.74, 6) is 2.74. The molecule has 2 saturated heterocycles. The van der Waals surface area contributed by atoms with E-state index in [0.717, 1.165) is 48.3 Å². The van der Waals surface area contributed by atoms with Crippen molar-refractivity contribution in [2.75, 3.05) is 31.1 Å². The van der Waals surface area contributed by atoms with Crippen LogP contribution in [0.15, 0.2) is 34.9 Å². The van der Waals surface area contributed by atoms with Gasteiger partial charge >= 0.3 is 0 Å². The van der Waals surface area contributed by atoms with Crippen molar-refractivity contribution in [1.82, 2.24) is 10.3 Å². The number of anilines is 1. The highest BCUT2D eigenvalue weighted by molar-refractivity contribution is 9.10. The van der Waals surface area contributed by atoms with E-state index in [2.05, 4.69) is 55.4 Å². The SMILES string of the molecule is Brc1cccc2c(N3C[C@H]4CNC[C@H]4C3)nccc12. The van der Waals surface area contributed by atoms with Crippen molar-refractivity contribution in [1.29, 1.82) is 0 Å². The third-order valence-corrected chi connectivity index (χ3v) is 5.11. The van der Waals surface area contributed by atoms with Crippen molar-refractivity contribution in [3.05, 3.63) is 34.9 Å². The summed E-state index contributed by atoms with van der Waals surface area (Å²) in [4.78, 5) is 7.11. The van der Waals surface area contributed by atoms with Crippen LogP contribution in [0.4, 0.5) is 5.82 Å². The monoisotopic (exact) mass is 317 g/mol. The lowest BCUT2D eigenvalue weighted by atomic mass is 10.0. The van der Waals surface area contributed by atoms with E-state index in [9.17, 15) is 0 Å². The average Bonchev–Trinajstić information content (AvgIpc) is 2.99. The summed E-state index contributed by atoms with van der Waals surface area (Å²) >= 11 is 3.63. The Balaban J connectivity index is 1.77. The zero-order chi connectivity index (χ0) is 12.8. The van der Waals surface area contributed by atoms with Gasteiger partial charge in [-0.1, -0.05) is 28.1 Å². The number of rotatable bonds is 1. The maximum absolute atomic E-state index is 4.64. The van der Waals surface area contributed by atoms with Gasteiger partial charge in [-0.2, -0.15) is 0 Å². The van der Waals surface area contributed by atoms with E-state index in [1.807, 2.05) is 6.20 Å². The lowest BCUT2D eigenvalue weighted by Crippen LogP contribution is -2.26. The summed E-state index contributed by atoms with van der Waals surface area (Å²) in [6.07, 6.45) is 1.93. The summed E-state index contributed by atoms with van der Waals surface area (Å²) in [7, 11) is 0. The summed E-state index contributed by atoms with van der Waals surface area (Å²) in [5, 5.41) is 5.99. The number of benzene rings is 1. The topological polar surface area (TPSA) is 28.2 Å². The van der Waals surface area contributed by atoms with E-state index in [-0.39, 0.29) is 0 Å². The lowest BCUT2D eigenvalue weighted by molar-refractivity contribution is 0.533. The van der Waals surface area contributed by atoms with Crippen LogP contribution in [0.2, 0.25) is 0 Å². The van der Waals surface area contributed by atoms with Gasteiger partial charge in [0, 0.05) is 47.6 Å². The molecule has 2 aliphatic heterocycles. The first-order valence-corrected chi connectivity index (χ1v) is 7.61. The van der Waals surface area contributed by atoms with Crippen molar-refractivity contribution in [2.24, 2.45) is 11.8 Å². The van der Waals surface area contributed by atoms with Crippen molar-refractivity contribution >= 4 is 32.5 Å². The van der Waals surface area contributed by atoms with Gasteiger partial charge in [0.1, 0.15) is 5.82 Å². The molecule has 98 valence electrons. The van der Waals surface area contributed by atoms with E-state index >= 15 is 0 Å². The molecule has 0 unspecified atom stereocenters. The third-order valence-electron chi connectivity index (χ3n) is 4.42. The first-order valence-electron chi connectivity index (χ1n) is 6.82. The van der Waals surface area contributed by atoms with E-state index in [0.29, 0.717) is 0 Å². The molecule has 19 heavy (non-hydrogen) atoms. The molecule has 0 bridgehead atoms. The van der Waals surface area contributed by atoms with Gasteiger partial charge in [0.05, 0.1) is 0 Å². The minimum absolute atomic E-state index is 0.796. The fourth-order valence-electron chi connectivity index (χ4n) is 3.43. The van der Waals surface area contributed by atoms with Crippen LogP contribution in [0.5, 0.6) is 0 Å². The zero-order valence-electron chi connectivity index (χ0n) is 10.6. The molecule has 2 aromatic rings. The van der Waals surface area contributed by atoms with Crippen molar-refractivity contribution in [3.63, 3.8) is 0 Å². The smallest absolute Gasteiger partial charge is 0.136 e. The number of nitrogens with one attached hydrogen (secondary N) is 1. The molecule has 4 heteroatoms. The number of halogens is 1. The molecule has 0 amide bonds. The van der Waals surface area contributed by atoms with E-state index in [1.165, 1.54) is 10.8 Å². The molecular formula is C15H16BrN3. The van der Waals surface area contributed by atoms with E-state index in [4.69, 9.17) is 0 Å².